The van der Waals surface area contributed by atoms with Gasteiger partial charge >= 0.3 is 12.1 Å². The van der Waals surface area contributed by atoms with Crippen molar-refractivity contribution in [2.45, 2.75) is 39.0 Å². The Morgan fingerprint density at radius 1 is 1.03 bits per heavy atom. The first kappa shape index (κ1) is 22.4. The van der Waals surface area contributed by atoms with Gasteiger partial charge in [-0.1, -0.05) is 54.6 Å². The van der Waals surface area contributed by atoms with Gasteiger partial charge in [-0.05, 0) is 37.5 Å². The van der Waals surface area contributed by atoms with Crippen LogP contribution in [0.4, 0.5) is 4.79 Å². The molecule has 2 aromatic rings. The molecule has 0 aliphatic rings. The topological polar surface area (TPSA) is 88.1 Å². The molecule has 1 unspecified atom stereocenters. The minimum atomic E-state index is -1.40. The van der Waals surface area contributed by atoms with Gasteiger partial charge in [-0.15, -0.1) is 0 Å². The summed E-state index contributed by atoms with van der Waals surface area (Å²) >= 11 is 0. The number of benzene rings is 2. The summed E-state index contributed by atoms with van der Waals surface area (Å²) in [5.74, 6) is -0.777. The zero-order valence-electron chi connectivity index (χ0n) is 17.2. The van der Waals surface area contributed by atoms with E-state index in [1.807, 2.05) is 54.6 Å². The van der Waals surface area contributed by atoms with Crippen LogP contribution in [0, 0.1) is 0 Å². The van der Waals surface area contributed by atoms with Gasteiger partial charge in [0, 0.05) is 6.54 Å². The Morgan fingerprint density at radius 3 is 2.17 bits per heavy atom. The average molecular weight is 400 g/mol. The van der Waals surface area contributed by atoms with E-state index in [-0.39, 0.29) is 13.1 Å². The molecule has 0 saturated carbocycles. The van der Waals surface area contributed by atoms with E-state index in [0.717, 1.165) is 16.7 Å². The van der Waals surface area contributed by atoms with Crippen LogP contribution in [0.2, 0.25) is 0 Å². The molecule has 0 aromatic heterocycles. The molecule has 1 atom stereocenters. The third kappa shape index (κ3) is 7.56. The Labute approximate surface area is 171 Å². The smallest absolute Gasteiger partial charge is 0.422 e. The normalized spacial score (nSPS) is 12.3. The fourth-order valence-electron chi connectivity index (χ4n) is 2.65. The van der Waals surface area contributed by atoms with Crippen molar-refractivity contribution in [2.24, 2.45) is 0 Å². The van der Waals surface area contributed by atoms with Crippen LogP contribution in [0.3, 0.4) is 0 Å². The predicted molar refractivity (Wildman–Crippen MR) is 110 cm³/mol. The minimum absolute atomic E-state index is 0.146. The summed E-state index contributed by atoms with van der Waals surface area (Å²) in [7, 11) is 1.19. The molecular formula is C22H28N2O5. The Bertz CT molecular complexity index is 800. The highest BCUT2D eigenvalue weighted by Gasteiger charge is 2.23. The van der Waals surface area contributed by atoms with Crippen molar-refractivity contribution in [3.8, 4) is 11.1 Å². The third-order valence-electron chi connectivity index (χ3n) is 3.95. The van der Waals surface area contributed by atoms with Crippen molar-refractivity contribution in [3.05, 3.63) is 60.2 Å². The molecule has 7 heteroatoms. The average Bonchev–Trinajstić information content (AvgIpc) is 2.67. The van der Waals surface area contributed by atoms with Crippen molar-refractivity contribution in [2.75, 3.05) is 13.7 Å². The molecule has 0 radical (unpaired) electrons. The maximum Gasteiger partial charge on any atom is 0.422 e. The molecule has 0 fully saturated rings. The number of carbonyl (C=O) groups is 2. The van der Waals surface area contributed by atoms with E-state index in [1.54, 1.807) is 20.8 Å². The van der Waals surface area contributed by atoms with E-state index in [2.05, 4.69) is 10.2 Å². The van der Waals surface area contributed by atoms with Gasteiger partial charge < -0.3 is 14.6 Å². The van der Waals surface area contributed by atoms with Crippen LogP contribution >= 0.6 is 0 Å². The van der Waals surface area contributed by atoms with Crippen LogP contribution in [0.1, 0.15) is 26.3 Å². The van der Waals surface area contributed by atoms with Gasteiger partial charge in [0.2, 0.25) is 0 Å². The van der Waals surface area contributed by atoms with Crippen LogP contribution in [-0.2, 0) is 20.8 Å². The molecule has 0 spiro atoms. The summed E-state index contributed by atoms with van der Waals surface area (Å²) in [6.07, 6.45) is -2.07. The summed E-state index contributed by atoms with van der Waals surface area (Å²) in [4.78, 5) is 23.7. The van der Waals surface area contributed by atoms with Crippen molar-refractivity contribution in [1.82, 2.24) is 10.4 Å². The number of carbonyl (C=O) groups excluding carboxylic acids is 2. The van der Waals surface area contributed by atoms with E-state index in [9.17, 15) is 14.7 Å². The number of hydrogen-bond acceptors (Lipinski definition) is 6. The van der Waals surface area contributed by atoms with Gasteiger partial charge in [0.1, 0.15) is 5.60 Å². The molecule has 156 valence electrons. The van der Waals surface area contributed by atoms with Crippen LogP contribution in [-0.4, -0.2) is 47.5 Å². The Kier molecular flexibility index (Phi) is 7.75. The zero-order valence-corrected chi connectivity index (χ0v) is 17.2. The molecule has 0 aliphatic heterocycles. The van der Waals surface area contributed by atoms with Gasteiger partial charge in [0.25, 0.3) is 0 Å². The van der Waals surface area contributed by atoms with Crippen molar-refractivity contribution in [3.63, 3.8) is 0 Å². The molecule has 29 heavy (non-hydrogen) atoms. The molecule has 0 heterocycles. The highest BCUT2D eigenvalue weighted by Crippen LogP contribution is 2.19. The number of ether oxygens (including phenoxy) is 2. The first-order valence-corrected chi connectivity index (χ1v) is 9.33. The van der Waals surface area contributed by atoms with Crippen LogP contribution in [0.15, 0.2) is 54.6 Å². The third-order valence-corrected chi connectivity index (χ3v) is 3.95. The standard InChI is InChI=1S/C22H28N2O5/c1-22(2,3)29-21(27)23-24(15-19(25)20(26)28-4)14-16-10-12-18(13-11-16)17-8-6-5-7-9-17/h5-13,19,25H,14-15H2,1-4H3,(H,23,27). The number of hydrazine groups is 1. The second-order valence-electron chi connectivity index (χ2n) is 7.60. The number of aliphatic hydroxyl groups excluding tert-OH is 1. The second kappa shape index (κ2) is 10.0. The van der Waals surface area contributed by atoms with Gasteiger partial charge in [-0.2, -0.15) is 0 Å². The summed E-state index contributed by atoms with van der Waals surface area (Å²) in [5, 5.41) is 11.4. The number of rotatable bonds is 7. The number of methoxy groups -OCH3 is 1. The SMILES string of the molecule is COC(=O)C(O)CN(Cc1ccc(-c2ccccc2)cc1)NC(=O)OC(C)(C)C. The van der Waals surface area contributed by atoms with E-state index in [1.165, 1.54) is 12.1 Å². The van der Waals surface area contributed by atoms with Crippen molar-refractivity contribution < 1.29 is 24.2 Å². The van der Waals surface area contributed by atoms with Crippen molar-refractivity contribution >= 4 is 12.1 Å². The summed E-state index contributed by atoms with van der Waals surface area (Å²) in [6.45, 7) is 5.38. The molecule has 2 N–H and O–H groups in total. The predicted octanol–water partition coefficient (Wildman–Crippen LogP) is 3.13. The van der Waals surface area contributed by atoms with Gasteiger partial charge in [0.15, 0.2) is 6.10 Å². The number of nitrogens with zero attached hydrogens (tertiary/aromatic N) is 1. The fraction of sp³-hybridized carbons (Fsp3) is 0.364. The zero-order chi connectivity index (χ0) is 21.4. The molecule has 2 aromatic carbocycles. The lowest BCUT2D eigenvalue weighted by molar-refractivity contribution is -0.152. The Hall–Kier alpha value is -2.90. The Balaban J connectivity index is 2.11. The molecule has 2 rings (SSSR count). The molecule has 7 nitrogen and oxygen atoms in total. The van der Waals surface area contributed by atoms with E-state index < -0.39 is 23.8 Å². The fourth-order valence-corrected chi connectivity index (χ4v) is 2.65. The first-order valence-electron chi connectivity index (χ1n) is 9.33. The summed E-state index contributed by atoms with van der Waals surface area (Å²) in [5.41, 5.74) is 4.96. The van der Waals surface area contributed by atoms with Crippen molar-refractivity contribution in [1.29, 1.82) is 0 Å². The van der Waals surface area contributed by atoms with E-state index in [4.69, 9.17) is 4.74 Å². The largest absolute Gasteiger partial charge is 0.467 e. The van der Waals surface area contributed by atoms with E-state index in [0.29, 0.717) is 0 Å². The summed E-state index contributed by atoms with van der Waals surface area (Å²) < 4.78 is 9.82. The molecule has 0 saturated heterocycles. The van der Waals surface area contributed by atoms with Crippen LogP contribution in [0.5, 0.6) is 0 Å². The molecule has 1 amide bonds. The number of amides is 1. The minimum Gasteiger partial charge on any atom is -0.467 e. The highest BCUT2D eigenvalue weighted by molar-refractivity contribution is 5.74. The lowest BCUT2D eigenvalue weighted by Crippen LogP contribution is -2.48. The lowest BCUT2D eigenvalue weighted by atomic mass is 10.0. The molecule has 0 bridgehead atoms. The van der Waals surface area contributed by atoms with Crippen LogP contribution < -0.4 is 5.43 Å². The number of nitrogens with one attached hydrogen (secondary N) is 1. The van der Waals surface area contributed by atoms with Gasteiger partial charge in [-0.3, -0.25) is 5.43 Å². The highest BCUT2D eigenvalue weighted by atomic mass is 16.6. The quantitative estimate of drug-likeness (QED) is 0.548. The maximum atomic E-state index is 12.1. The van der Waals surface area contributed by atoms with Crippen LogP contribution in [0.25, 0.3) is 11.1 Å². The first-order chi connectivity index (χ1) is 13.7. The molecule has 0 aliphatic carbocycles. The number of aliphatic hydroxyl groups is 1. The molecular weight excluding hydrogens is 372 g/mol. The second-order valence-corrected chi connectivity index (χ2v) is 7.60. The lowest BCUT2D eigenvalue weighted by Gasteiger charge is -2.27. The Morgan fingerprint density at radius 2 is 1.62 bits per heavy atom. The monoisotopic (exact) mass is 400 g/mol. The maximum absolute atomic E-state index is 12.1. The number of hydrogen-bond donors (Lipinski definition) is 2. The van der Waals surface area contributed by atoms with E-state index >= 15 is 0 Å². The van der Waals surface area contributed by atoms with Gasteiger partial charge in [-0.25, -0.2) is 14.6 Å². The number of esters is 1. The summed E-state index contributed by atoms with van der Waals surface area (Å²) in [6, 6.07) is 17.8. The van der Waals surface area contributed by atoms with Gasteiger partial charge in [0.05, 0.1) is 13.7 Å².